The van der Waals surface area contributed by atoms with Gasteiger partial charge in [-0.2, -0.15) is 0 Å². The number of piperazine rings is 1. The predicted octanol–water partition coefficient (Wildman–Crippen LogP) is 2.02. The molecule has 3 aromatic heterocycles. The molecule has 10 nitrogen and oxygen atoms in total. The summed E-state index contributed by atoms with van der Waals surface area (Å²) in [6, 6.07) is 2.90. The van der Waals surface area contributed by atoms with E-state index in [0.717, 1.165) is 17.3 Å². The third-order valence-electron chi connectivity index (χ3n) is 5.66. The molecule has 0 saturated carbocycles. The largest absolute Gasteiger partial charge is 0.477 e. The van der Waals surface area contributed by atoms with Gasteiger partial charge in [-0.05, 0) is 19.1 Å². The van der Waals surface area contributed by atoms with Crippen molar-refractivity contribution < 1.29 is 23.5 Å². The number of carbonyl (C=O) groups is 1. The quantitative estimate of drug-likeness (QED) is 0.424. The molecule has 4 rings (SSSR count). The van der Waals surface area contributed by atoms with Crippen LogP contribution in [0.25, 0.3) is 11.0 Å². The number of nitrogens with zero attached hydrogens (tertiary/aromatic N) is 5. The summed E-state index contributed by atoms with van der Waals surface area (Å²) in [6.07, 6.45) is 4.43. The van der Waals surface area contributed by atoms with Crippen LogP contribution < -0.4 is 10.3 Å². The normalized spacial score (nSPS) is 15.2. The van der Waals surface area contributed by atoms with E-state index in [4.69, 9.17) is 9.25 Å². The Labute approximate surface area is 188 Å². The SMILES string of the molecule is CCn1cc(C(=O)O)c(=O)c2cc(F)c(N3CCN(C/C(=N/OC)c4ccoc4)CC3)nc21. The average Bonchev–Trinajstić information content (AvgIpc) is 3.34. The van der Waals surface area contributed by atoms with E-state index in [9.17, 15) is 19.1 Å². The molecule has 174 valence electrons. The number of rotatable bonds is 7. The van der Waals surface area contributed by atoms with Gasteiger partial charge in [-0.3, -0.25) is 9.69 Å². The van der Waals surface area contributed by atoms with Gasteiger partial charge in [-0.1, -0.05) is 5.16 Å². The van der Waals surface area contributed by atoms with Gasteiger partial charge in [0.05, 0.1) is 17.9 Å². The lowest BCUT2D eigenvalue weighted by Gasteiger charge is -2.35. The monoisotopic (exact) mass is 457 g/mol. The van der Waals surface area contributed by atoms with Gasteiger partial charge < -0.3 is 23.8 Å². The number of halogens is 1. The highest BCUT2D eigenvalue weighted by molar-refractivity contribution is 6.01. The Balaban J connectivity index is 1.56. The van der Waals surface area contributed by atoms with Crippen LogP contribution in [-0.2, 0) is 11.4 Å². The number of hydrogen-bond acceptors (Lipinski definition) is 8. The molecule has 1 saturated heterocycles. The molecule has 33 heavy (non-hydrogen) atoms. The van der Waals surface area contributed by atoms with Crippen LogP contribution >= 0.6 is 0 Å². The fourth-order valence-electron chi connectivity index (χ4n) is 3.93. The van der Waals surface area contributed by atoms with Crippen molar-refractivity contribution in [1.29, 1.82) is 0 Å². The zero-order chi connectivity index (χ0) is 23.5. The minimum absolute atomic E-state index is 0.0443. The van der Waals surface area contributed by atoms with Crippen LogP contribution in [0.3, 0.4) is 0 Å². The molecule has 0 aliphatic carbocycles. The van der Waals surface area contributed by atoms with E-state index in [1.165, 1.54) is 13.3 Å². The van der Waals surface area contributed by atoms with Gasteiger partial charge in [-0.25, -0.2) is 14.2 Å². The first-order valence-corrected chi connectivity index (χ1v) is 10.5. The molecule has 0 amide bonds. The Morgan fingerprint density at radius 1 is 1.33 bits per heavy atom. The molecule has 1 fully saturated rings. The molecule has 0 spiro atoms. The molecule has 0 unspecified atom stereocenters. The lowest BCUT2D eigenvalue weighted by Crippen LogP contribution is -2.48. The van der Waals surface area contributed by atoms with Gasteiger partial charge in [0.25, 0.3) is 0 Å². The number of pyridine rings is 2. The van der Waals surface area contributed by atoms with Crippen molar-refractivity contribution in [1.82, 2.24) is 14.5 Å². The number of hydrogen-bond donors (Lipinski definition) is 1. The van der Waals surface area contributed by atoms with Crippen molar-refractivity contribution in [3.8, 4) is 0 Å². The molecule has 1 N–H and O–H groups in total. The van der Waals surface area contributed by atoms with E-state index in [1.807, 2.05) is 11.0 Å². The summed E-state index contributed by atoms with van der Waals surface area (Å²) in [5.74, 6) is -1.86. The molecule has 0 radical (unpaired) electrons. The van der Waals surface area contributed by atoms with Crippen molar-refractivity contribution in [2.45, 2.75) is 13.5 Å². The molecule has 1 aliphatic heterocycles. The fraction of sp³-hybridized carbons (Fsp3) is 0.364. The maximum absolute atomic E-state index is 15.0. The summed E-state index contributed by atoms with van der Waals surface area (Å²) in [5.41, 5.74) is 0.684. The summed E-state index contributed by atoms with van der Waals surface area (Å²) in [7, 11) is 1.49. The van der Waals surface area contributed by atoms with E-state index >= 15 is 0 Å². The number of carboxylic acids is 1. The van der Waals surface area contributed by atoms with E-state index in [2.05, 4.69) is 15.0 Å². The van der Waals surface area contributed by atoms with Crippen molar-refractivity contribution in [2.24, 2.45) is 5.16 Å². The van der Waals surface area contributed by atoms with E-state index in [-0.39, 0.29) is 16.9 Å². The third kappa shape index (κ3) is 4.44. The van der Waals surface area contributed by atoms with Crippen molar-refractivity contribution in [3.63, 3.8) is 0 Å². The summed E-state index contributed by atoms with van der Waals surface area (Å²) in [6.45, 7) is 5.05. The molecule has 3 aromatic rings. The molecule has 4 heterocycles. The van der Waals surface area contributed by atoms with Gasteiger partial charge in [0.1, 0.15) is 24.0 Å². The number of aryl methyl sites for hydroxylation is 1. The Hall–Kier alpha value is -3.73. The first kappa shape index (κ1) is 22.5. The Morgan fingerprint density at radius 3 is 2.70 bits per heavy atom. The Kier molecular flexibility index (Phi) is 6.40. The molecular weight excluding hydrogens is 433 g/mol. The lowest BCUT2D eigenvalue weighted by molar-refractivity contribution is 0.0695. The number of aromatic carboxylic acids is 1. The summed E-state index contributed by atoms with van der Waals surface area (Å²) >= 11 is 0. The van der Waals surface area contributed by atoms with E-state index in [0.29, 0.717) is 39.3 Å². The molecule has 1 aliphatic rings. The fourth-order valence-corrected chi connectivity index (χ4v) is 3.93. The van der Waals surface area contributed by atoms with Gasteiger partial charge in [0.15, 0.2) is 11.6 Å². The third-order valence-corrected chi connectivity index (χ3v) is 5.66. The number of anilines is 1. The molecule has 0 bridgehead atoms. The molecule has 0 atom stereocenters. The van der Waals surface area contributed by atoms with E-state index in [1.54, 1.807) is 24.0 Å². The van der Waals surface area contributed by atoms with Crippen LogP contribution in [0.1, 0.15) is 22.8 Å². The number of carboxylic acid groups (broad SMARTS) is 1. The van der Waals surface area contributed by atoms with Gasteiger partial charge in [0.2, 0.25) is 5.43 Å². The maximum Gasteiger partial charge on any atom is 0.341 e. The number of oxime groups is 1. The second kappa shape index (κ2) is 9.41. The van der Waals surface area contributed by atoms with Gasteiger partial charge in [0, 0.05) is 51.0 Å². The van der Waals surface area contributed by atoms with Crippen molar-refractivity contribution in [3.05, 3.63) is 58.0 Å². The standard InChI is InChI=1S/C22H24FN5O5/c1-3-27-11-16(22(30)31)19(29)15-10-17(23)21(24-20(15)27)28-7-5-26(6-8-28)12-18(25-32-2)14-4-9-33-13-14/h4,9-11,13H,3,5-8,12H2,1-2H3,(H,30,31)/b25-18-. The number of furan rings is 1. The van der Waals surface area contributed by atoms with Gasteiger partial charge in [-0.15, -0.1) is 0 Å². The average molecular weight is 457 g/mol. The van der Waals surface area contributed by atoms with Crippen LogP contribution in [0.4, 0.5) is 10.2 Å². The zero-order valence-electron chi connectivity index (χ0n) is 18.3. The van der Waals surface area contributed by atoms with Crippen molar-refractivity contribution >= 4 is 28.5 Å². The maximum atomic E-state index is 15.0. The highest BCUT2D eigenvalue weighted by atomic mass is 19.1. The first-order chi connectivity index (χ1) is 15.9. The minimum atomic E-state index is -1.35. The first-order valence-electron chi connectivity index (χ1n) is 10.5. The number of aromatic nitrogens is 2. The molecule has 11 heteroatoms. The topological polar surface area (TPSA) is 113 Å². The smallest absolute Gasteiger partial charge is 0.341 e. The lowest BCUT2D eigenvalue weighted by atomic mass is 10.1. The highest BCUT2D eigenvalue weighted by Gasteiger charge is 2.24. The number of fused-ring (bicyclic) bond motifs is 1. The van der Waals surface area contributed by atoms with Gasteiger partial charge >= 0.3 is 5.97 Å². The van der Waals surface area contributed by atoms with Crippen LogP contribution in [0, 0.1) is 5.82 Å². The molecular formula is C22H24FN5O5. The highest BCUT2D eigenvalue weighted by Crippen LogP contribution is 2.23. The second-order valence-corrected chi connectivity index (χ2v) is 7.62. The zero-order valence-corrected chi connectivity index (χ0v) is 18.3. The Bertz CT molecular complexity index is 1250. The van der Waals surface area contributed by atoms with Crippen LogP contribution in [0.5, 0.6) is 0 Å². The van der Waals surface area contributed by atoms with Crippen LogP contribution in [0.2, 0.25) is 0 Å². The summed E-state index contributed by atoms with van der Waals surface area (Å²) in [4.78, 5) is 37.3. The predicted molar refractivity (Wildman–Crippen MR) is 120 cm³/mol. The van der Waals surface area contributed by atoms with Crippen molar-refractivity contribution in [2.75, 3.05) is 44.7 Å². The second-order valence-electron chi connectivity index (χ2n) is 7.62. The Morgan fingerprint density at radius 2 is 2.09 bits per heavy atom. The van der Waals surface area contributed by atoms with E-state index < -0.39 is 22.8 Å². The summed E-state index contributed by atoms with van der Waals surface area (Å²) in [5, 5.41) is 13.3. The van der Waals surface area contributed by atoms with Crippen LogP contribution in [-0.4, -0.2) is 71.1 Å². The minimum Gasteiger partial charge on any atom is -0.477 e. The van der Waals surface area contributed by atoms with Crippen LogP contribution in [0.15, 0.2) is 45.2 Å². The molecule has 0 aromatic carbocycles. The summed E-state index contributed by atoms with van der Waals surface area (Å²) < 4.78 is 21.7.